The molecule has 0 unspecified atom stereocenters. The Morgan fingerprint density at radius 1 is 1.31 bits per heavy atom. The third kappa shape index (κ3) is 1.62. The lowest BCUT2D eigenvalue weighted by molar-refractivity contribution is -0.148. The molecule has 1 fully saturated rings. The fourth-order valence-corrected chi connectivity index (χ4v) is 2.36. The van der Waals surface area contributed by atoms with Crippen LogP contribution < -0.4 is 0 Å². The van der Waals surface area contributed by atoms with E-state index in [0.29, 0.717) is 12.8 Å². The van der Waals surface area contributed by atoms with Crippen molar-refractivity contribution in [3.63, 3.8) is 0 Å². The van der Waals surface area contributed by atoms with E-state index in [0.717, 1.165) is 5.56 Å². The molecule has 1 aromatic rings. The Balaban J connectivity index is 2.44. The number of carbonyl (C=O) groups is 2. The van der Waals surface area contributed by atoms with Gasteiger partial charge in [-0.1, -0.05) is 30.3 Å². The smallest absolute Gasteiger partial charge is 0.316 e. The maximum atomic E-state index is 11.9. The van der Waals surface area contributed by atoms with Gasteiger partial charge in [-0.25, -0.2) is 0 Å². The zero-order chi connectivity index (χ0) is 11.6. The van der Waals surface area contributed by atoms with Crippen LogP contribution in [-0.2, 0) is 19.7 Å². The molecule has 0 saturated heterocycles. The Morgan fingerprint density at radius 3 is 2.50 bits per heavy atom. The van der Waals surface area contributed by atoms with Gasteiger partial charge in [0.1, 0.15) is 11.2 Å². The first kappa shape index (κ1) is 10.9. The minimum absolute atomic E-state index is 0.134. The predicted octanol–water partition coefficient (Wildman–Crippen LogP) is 1.85. The number of benzene rings is 1. The van der Waals surface area contributed by atoms with Crippen molar-refractivity contribution in [2.24, 2.45) is 0 Å². The van der Waals surface area contributed by atoms with Gasteiger partial charge >= 0.3 is 5.97 Å². The summed E-state index contributed by atoms with van der Waals surface area (Å²) in [7, 11) is 1.37. The van der Waals surface area contributed by atoms with E-state index in [4.69, 9.17) is 4.74 Å². The van der Waals surface area contributed by atoms with Crippen molar-refractivity contribution >= 4 is 11.8 Å². The SMILES string of the molecule is COC(=O)[C@]1(c2ccccc2)CCC(=O)C1. The van der Waals surface area contributed by atoms with Crippen LogP contribution >= 0.6 is 0 Å². The summed E-state index contributed by atoms with van der Waals surface area (Å²) in [5, 5.41) is 0. The van der Waals surface area contributed by atoms with Gasteiger partial charge in [0.25, 0.3) is 0 Å². The number of ketones is 1. The van der Waals surface area contributed by atoms with Crippen LogP contribution in [0.1, 0.15) is 24.8 Å². The molecular weight excluding hydrogens is 204 g/mol. The molecule has 16 heavy (non-hydrogen) atoms. The van der Waals surface area contributed by atoms with Crippen molar-refractivity contribution in [2.75, 3.05) is 7.11 Å². The van der Waals surface area contributed by atoms with Crippen molar-refractivity contribution in [1.29, 1.82) is 0 Å². The molecule has 3 heteroatoms. The average Bonchev–Trinajstić information content (AvgIpc) is 2.73. The van der Waals surface area contributed by atoms with E-state index in [2.05, 4.69) is 0 Å². The lowest BCUT2D eigenvalue weighted by Crippen LogP contribution is -2.34. The molecule has 1 saturated carbocycles. The summed E-state index contributed by atoms with van der Waals surface area (Å²) in [5.41, 5.74) is 0.139. The minimum atomic E-state index is -0.743. The number of rotatable bonds is 2. The van der Waals surface area contributed by atoms with E-state index in [1.807, 2.05) is 30.3 Å². The molecule has 0 spiro atoms. The lowest BCUT2D eigenvalue weighted by Gasteiger charge is -2.25. The fourth-order valence-electron chi connectivity index (χ4n) is 2.36. The molecule has 3 nitrogen and oxygen atoms in total. The summed E-state index contributed by atoms with van der Waals surface area (Å²) in [6.45, 7) is 0. The average molecular weight is 218 g/mol. The number of Topliss-reactive ketones (excluding diaryl/α,β-unsaturated/α-hetero) is 1. The van der Waals surface area contributed by atoms with E-state index in [-0.39, 0.29) is 18.2 Å². The predicted molar refractivity (Wildman–Crippen MR) is 59.0 cm³/mol. The van der Waals surface area contributed by atoms with Crippen LogP contribution in [0.3, 0.4) is 0 Å². The van der Waals surface area contributed by atoms with Gasteiger partial charge in [0.05, 0.1) is 7.11 Å². The van der Waals surface area contributed by atoms with Gasteiger partial charge in [0.15, 0.2) is 0 Å². The largest absolute Gasteiger partial charge is 0.468 e. The second-order valence-electron chi connectivity index (χ2n) is 4.16. The standard InChI is InChI=1S/C13H14O3/c1-16-12(15)13(8-7-11(14)9-13)10-5-3-2-4-6-10/h2-6H,7-9H2,1H3/t13-/m1/s1. The summed E-state index contributed by atoms with van der Waals surface area (Å²) in [4.78, 5) is 23.4. The van der Waals surface area contributed by atoms with Crippen LogP contribution in [0.15, 0.2) is 30.3 Å². The molecule has 1 aliphatic carbocycles. The first-order chi connectivity index (χ1) is 7.69. The Morgan fingerprint density at radius 2 is 2.00 bits per heavy atom. The van der Waals surface area contributed by atoms with Gasteiger partial charge in [-0.2, -0.15) is 0 Å². The second kappa shape index (κ2) is 4.08. The van der Waals surface area contributed by atoms with Crippen molar-refractivity contribution in [3.05, 3.63) is 35.9 Å². The number of carbonyl (C=O) groups excluding carboxylic acids is 2. The molecular formula is C13H14O3. The summed E-state index contributed by atoms with van der Waals surface area (Å²) in [6, 6.07) is 9.42. The Hall–Kier alpha value is -1.64. The summed E-state index contributed by atoms with van der Waals surface area (Å²) in [5.74, 6) is -0.168. The Kier molecular flexibility index (Phi) is 2.77. The number of methoxy groups -OCH3 is 1. The van der Waals surface area contributed by atoms with Crippen LogP contribution in [0.5, 0.6) is 0 Å². The van der Waals surface area contributed by atoms with Crippen LogP contribution in [-0.4, -0.2) is 18.9 Å². The number of ether oxygens (including phenoxy) is 1. The first-order valence-corrected chi connectivity index (χ1v) is 5.35. The second-order valence-corrected chi connectivity index (χ2v) is 4.16. The normalized spacial score (nSPS) is 24.4. The van der Waals surface area contributed by atoms with Gasteiger partial charge in [-0.15, -0.1) is 0 Å². The van der Waals surface area contributed by atoms with E-state index in [9.17, 15) is 9.59 Å². The maximum absolute atomic E-state index is 11.9. The van der Waals surface area contributed by atoms with Crippen LogP contribution in [0.4, 0.5) is 0 Å². The highest BCUT2D eigenvalue weighted by molar-refractivity contribution is 5.94. The van der Waals surface area contributed by atoms with Crippen molar-refractivity contribution in [2.45, 2.75) is 24.7 Å². The van der Waals surface area contributed by atoms with Gasteiger partial charge < -0.3 is 4.74 Å². The lowest BCUT2D eigenvalue weighted by atomic mass is 9.79. The molecule has 0 N–H and O–H groups in total. The summed E-state index contributed by atoms with van der Waals surface area (Å²) < 4.78 is 4.85. The van der Waals surface area contributed by atoms with E-state index in [1.165, 1.54) is 7.11 Å². The molecule has 1 atom stereocenters. The molecule has 1 aromatic carbocycles. The highest BCUT2D eigenvalue weighted by Gasteiger charge is 2.47. The molecule has 0 heterocycles. The first-order valence-electron chi connectivity index (χ1n) is 5.35. The van der Waals surface area contributed by atoms with Gasteiger partial charge in [-0.05, 0) is 12.0 Å². The monoisotopic (exact) mass is 218 g/mol. The quantitative estimate of drug-likeness (QED) is 0.711. The maximum Gasteiger partial charge on any atom is 0.316 e. The van der Waals surface area contributed by atoms with Gasteiger partial charge in [0, 0.05) is 12.8 Å². The van der Waals surface area contributed by atoms with Crippen molar-refractivity contribution in [3.8, 4) is 0 Å². The zero-order valence-electron chi connectivity index (χ0n) is 9.23. The van der Waals surface area contributed by atoms with Crippen molar-refractivity contribution in [1.82, 2.24) is 0 Å². The van der Waals surface area contributed by atoms with Gasteiger partial charge in [0.2, 0.25) is 0 Å². The molecule has 84 valence electrons. The topological polar surface area (TPSA) is 43.4 Å². The Labute approximate surface area is 94.4 Å². The number of esters is 1. The minimum Gasteiger partial charge on any atom is -0.468 e. The zero-order valence-corrected chi connectivity index (χ0v) is 9.23. The van der Waals surface area contributed by atoms with E-state index in [1.54, 1.807) is 0 Å². The molecule has 0 aromatic heterocycles. The molecule has 1 aliphatic rings. The molecule has 0 bridgehead atoms. The van der Waals surface area contributed by atoms with Crippen LogP contribution in [0.2, 0.25) is 0 Å². The number of hydrogen-bond acceptors (Lipinski definition) is 3. The molecule has 0 amide bonds. The Bertz CT molecular complexity index is 410. The number of hydrogen-bond donors (Lipinski definition) is 0. The highest BCUT2D eigenvalue weighted by atomic mass is 16.5. The molecule has 0 radical (unpaired) electrons. The fraction of sp³-hybridized carbons (Fsp3) is 0.385. The van der Waals surface area contributed by atoms with Crippen LogP contribution in [0, 0.1) is 0 Å². The van der Waals surface area contributed by atoms with Gasteiger partial charge in [-0.3, -0.25) is 9.59 Å². The van der Waals surface area contributed by atoms with E-state index >= 15 is 0 Å². The third-order valence-electron chi connectivity index (χ3n) is 3.23. The van der Waals surface area contributed by atoms with E-state index < -0.39 is 5.41 Å². The highest BCUT2D eigenvalue weighted by Crippen LogP contribution is 2.40. The summed E-state index contributed by atoms with van der Waals surface area (Å²) in [6.07, 6.45) is 1.29. The van der Waals surface area contributed by atoms with Crippen molar-refractivity contribution < 1.29 is 14.3 Å². The summed E-state index contributed by atoms with van der Waals surface area (Å²) >= 11 is 0. The third-order valence-corrected chi connectivity index (χ3v) is 3.23. The van der Waals surface area contributed by atoms with Crippen LogP contribution in [0.25, 0.3) is 0 Å². The molecule has 2 rings (SSSR count). The molecule has 0 aliphatic heterocycles.